The first-order chi connectivity index (χ1) is 14.6. The van der Waals surface area contributed by atoms with Crippen LogP contribution in [-0.4, -0.2) is 41.3 Å². The highest BCUT2D eigenvalue weighted by Crippen LogP contribution is 2.57. The molecule has 2 aliphatic rings. The Morgan fingerprint density at radius 3 is 2.39 bits per heavy atom. The molecule has 31 heavy (non-hydrogen) atoms. The molecule has 1 aliphatic carbocycles. The molecule has 7 nitrogen and oxygen atoms in total. The van der Waals surface area contributed by atoms with Crippen LogP contribution >= 0.6 is 0 Å². The maximum absolute atomic E-state index is 12.1. The van der Waals surface area contributed by atoms with E-state index in [1.54, 1.807) is 50.6 Å². The fraction of sp³-hybridized carbons (Fsp3) is 0.348. The third kappa shape index (κ3) is 3.49. The van der Waals surface area contributed by atoms with E-state index in [1.807, 2.05) is 17.0 Å². The lowest BCUT2D eigenvalue weighted by atomic mass is 9.98. The second-order valence-electron chi connectivity index (χ2n) is 9.08. The van der Waals surface area contributed by atoms with E-state index < -0.39 is 15.4 Å². The number of aromatic nitrogens is 3. The van der Waals surface area contributed by atoms with Crippen molar-refractivity contribution < 1.29 is 13.5 Å². The summed E-state index contributed by atoms with van der Waals surface area (Å²) in [4.78, 5) is 15.9. The minimum absolute atomic E-state index is 0.0794. The molecule has 3 aromatic rings. The lowest BCUT2D eigenvalue weighted by Crippen LogP contribution is -2.21. The number of anilines is 2. The molecule has 3 heterocycles. The second kappa shape index (κ2) is 6.58. The molecule has 1 aliphatic heterocycles. The Hall–Kier alpha value is -2.84. The SMILES string of the molecule is CC(C)(O)c1ccnc(-c2cnc(N3CC4(CC4)c4ccc(S(C)(=O)=O)cc43)nc2)c1. The van der Waals surface area contributed by atoms with Gasteiger partial charge in [-0.1, -0.05) is 6.07 Å². The van der Waals surface area contributed by atoms with Gasteiger partial charge in [-0.2, -0.15) is 0 Å². The van der Waals surface area contributed by atoms with Gasteiger partial charge >= 0.3 is 0 Å². The third-order valence-electron chi connectivity index (χ3n) is 6.22. The van der Waals surface area contributed by atoms with Crippen molar-refractivity contribution in [3.8, 4) is 11.3 Å². The highest BCUT2D eigenvalue weighted by molar-refractivity contribution is 7.90. The van der Waals surface area contributed by atoms with Gasteiger partial charge in [0.25, 0.3) is 0 Å². The summed E-state index contributed by atoms with van der Waals surface area (Å²) in [7, 11) is -3.30. The van der Waals surface area contributed by atoms with Crippen LogP contribution in [0.25, 0.3) is 11.3 Å². The van der Waals surface area contributed by atoms with Crippen molar-refractivity contribution in [2.24, 2.45) is 0 Å². The maximum atomic E-state index is 12.1. The fourth-order valence-electron chi connectivity index (χ4n) is 4.21. The fourth-order valence-corrected chi connectivity index (χ4v) is 4.85. The van der Waals surface area contributed by atoms with E-state index in [0.717, 1.165) is 36.2 Å². The van der Waals surface area contributed by atoms with Crippen molar-refractivity contribution in [2.45, 2.75) is 42.6 Å². The first-order valence-electron chi connectivity index (χ1n) is 10.2. The molecule has 8 heteroatoms. The van der Waals surface area contributed by atoms with Gasteiger partial charge in [0.1, 0.15) is 0 Å². The first kappa shape index (κ1) is 20.1. The molecule has 1 saturated carbocycles. The molecule has 2 aromatic heterocycles. The van der Waals surface area contributed by atoms with Gasteiger partial charge in [0, 0.05) is 48.1 Å². The zero-order valence-electron chi connectivity index (χ0n) is 17.7. The minimum Gasteiger partial charge on any atom is -0.386 e. The molecule has 0 radical (unpaired) electrons. The molecule has 0 saturated heterocycles. The smallest absolute Gasteiger partial charge is 0.229 e. The van der Waals surface area contributed by atoms with E-state index >= 15 is 0 Å². The van der Waals surface area contributed by atoms with Crippen LogP contribution in [0, 0.1) is 0 Å². The zero-order valence-corrected chi connectivity index (χ0v) is 18.5. The van der Waals surface area contributed by atoms with Crippen LogP contribution in [0.3, 0.4) is 0 Å². The Morgan fingerprint density at radius 2 is 1.77 bits per heavy atom. The monoisotopic (exact) mass is 436 g/mol. The summed E-state index contributed by atoms with van der Waals surface area (Å²) in [6.07, 6.45) is 8.49. The number of nitrogens with zero attached hydrogens (tertiary/aromatic N) is 4. The van der Waals surface area contributed by atoms with Crippen LogP contribution in [0.1, 0.15) is 37.8 Å². The molecule has 1 fully saturated rings. The number of hydrogen-bond acceptors (Lipinski definition) is 7. The molecule has 160 valence electrons. The van der Waals surface area contributed by atoms with Gasteiger partial charge in [0.15, 0.2) is 9.84 Å². The molecule has 1 aromatic carbocycles. The molecule has 1 spiro atoms. The number of hydrogen-bond donors (Lipinski definition) is 1. The maximum Gasteiger partial charge on any atom is 0.229 e. The number of fused-ring (bicyclic) bond motifs is 2. The zero-order chi connectivity index (χ0) is 22.0. The largest absolute Gasteiger partial charge is 0.386 e. The Bertz CT molecular complexity index is 1280. The van der Waals surface area contributed by atoms with Crippen molar-refractivity contribution in [2.75, 3.05) is 17.7 Å². The summed E-state index contributed by atoms with van der Waals surface area (Å²) in [5.74, 6) is 0.540. The Labute approximate surface area is 181 Å². The topological polar surface area (TPSA) is 96.3 Å². The molecular weight excluding hydrogens is 412 g/mol. The Kier molecular flexibility index (Phi) is 4.26. The van der Waals surface area contributed by atoms with Gasteiger partial charge in [0.05, 0.1) is 16.2 Å². The van der Waals surface area contributed by atoms with Gasteiger partial charge in [0.2, 0.25) is 5.95 Å². The molecular formula is C23H24N4O3S. The van der Waals surface area contributed by atoms with Crippen molar-refractivity contribution in [3.63, 3.8) is 0 Å². The summed E-state index contributed by atoms with van der Waals surface area (Å²) >= 11 is 0. The summed E-state index contributed by atoms with van der Waals surface area (Å²) < 4.78 is 24.2. The van der Waals surface area contributed by atoms with Crippen LogP contribution in [-0.2, 0) is 20.9 Å². The van der Waals surface area contributed by atoms with Gasteiger partial charge in [-0.25, -0.2) is 18.4 Å². The summed E-state index contributed by atoms with van der Waals surface area (Å²) in [6, 6.07) is 9.00. The van der Waals surface area contributed by atoms with E-state index in [0.29, 0.717) is 16.5 Å². The first-order valence-corrected chi connectivity index (χ1v) is 12.1. The number of rotatable bonds is 4. The van der Waals surface area contributed by atoms with Crippen LogP contribution in [0.2, 0.25) is 0 Å². The van der Waals surface area contributed by atoms with E-state index in [9.17, 15) is 13.5 Å². The lowest BCUT2D eigenvalue weighted by Gasteiger charge is -2.19. The van der Waals surface area contributed by atoms with E-state index in [4.69, 9.17) is 0 Å². The summed E-state index contributed by atoms with van der Waals surface area (Å²) in [5.41, 5.74) is 3.36. The van der Waals surface area contributed by atoms with Gasteiger partial charge in [-0.3, -0.25) is 4.98 Å². The third-order valence-corrected chi connectivity index (χ3v) is 7.33. The Morgan fingerprint density at radius 1 is 1.06 bits per heavy atom. The van der Waals surface area contributed by atoms with E-state index in [1.165, 1.54) is 11.8 Å². The minimum atomic E-state index is -3.30. The number of sulfone groups is 1. The van der Waals surface area contributed by atoms with Gasteiger partial charge < -0.3 is 10.0 Å². The molecule has 1 N–H and O–H groups in total. The van der Waals surface area contributed by atoms with Crippen LogP contribution in [0.5, 0.6) is 0 Å². The summed E-state index contributed by atoms with van der Waals surface area (Å²) in [5, 5.41) is 10.3. The van der Waals surface area contributed by atoms with Crippen molar-refractivity contribution in [3.05, 3.63) is 60.0 Å². The van der Waals surface area contributed by atoms with Crippen LogP contribution < -0.4 is 4.90 Å². The van der Waals surface area contributed by atoms with Crippen LogP contribution in [0.15, 0.2) is 53.8 Å². The second-order valence-corrected chi connectivity index (χ2v) is 11.1. The quantitative estimate of drug-likeness (QED) is 0.670. The van der Waals surface area contributed by atoms with E-state index in [-0.39, 0.29) is 5.41 Å². The van der Waals surface area contributed by atoms with Crippen molar-refractivity contribution >= 4 is 21.5 Å². The predicted octanol–water partition coefficient (Wildman–Crippen LogP) is 3.35. The van der Waals surface area contributed by atoms with E-state index in [2.05, 4.69) is 15.0 Å². The molecule has 5 rings (SSSR count). The van der Waals surface area contributed by atoms with Crippen LogP contribution in [0.4, 0.5) is 11.6 Å². The lowest BCUT2D eigenvalue weighted by molar-refractivity contribution is 0.0785. The van der Waals surface area contributed by atoms with Crippen molar-refractivity contribution in [1.82, 2.24) is 15.0 Å². The average molecular weight is 437 g/mol. The number of benzene rings is 1. The Balaban J connectivity index is 1.51. The summed E-state index contributed by atoms with van der Waals surface area (Å²) in [6.45, 7) is 4.21. The predicted molar refractivity (Wildman–Crippen MR) is 118 cm³/mol. The average Bonchev–Trinajstić information content (AvgIpc) is 3.43. The number of pyridine rings is 1. The van der Waals surface area contributed by atoms with Gasteiger partial charge in [-0.05, 0) is 62.1 Å². The molecule has 0 atom stereocenters. The van der Waals surface area contributed by atoms with Crippen molar-refractivity contribution in [1.29, 1.82) is 0 Å². The number of aliphatic hydroxyl groups is 1. The highest BCUT2D eigenvalue weighted by atomic mass is 32.2. The highest BCUT2D eigenvalue weighted by Gasteiger charge is 2.52. The molecule has 0 bridgehead atoms. The molecule has 0 amide bonds. The standard InChI is InChI=1S/C23H24N4O3S/c1-22(2,28)16-6-9-24-19(10-16)15-12-25-21(26-13-15)27-14-23(7-8-23)18-5-4-17(11-20(18)27)31(3,29)30/h4-6,9-13,28H,7-8,14H2,1-3H3. The normalized spacial score (nSPS) is 17.1. The molecule has 0 unspecified atom stereocenters. The van der Waals surface area contributed by atoms with Gasteiger partial charge in [-0.15, -0.1) is 0 Å².